The first-order chi connectivity index (χ1) is 11.6. The summed E-state index contributed by atoms with van der Waals surface area (Å²) in [6, 6.07) is 7.95. The predicted octanol–water partition coefficient (Wildman–Crippen LogP) is 2.47. The molecule has 9 heteroatoms. The molecule has 0 aliphatic rings. The molecule has 1 aromatic heterocycles. The Morgan fingerprint density at radius 1 is 1.50 bits per heavy atom. The molecule has 0 bridgehead atoms. The van der Waals surface area contributed by atoms with Crippen LogP contribution in [0.2, 0.25) is 0 Å². The number of carbonyl (C=O) groups excluding carboxylic acids is 1. The van der Waals surface area contributed by atoms with Gasteiger partial charge in [-0.3, -0.25) is 4.79 Å². The second-order valence-electron chi connectivity index (χ2n) is 4.64. The number of amides is 1. The molecule has 0 saturated carbocycles. The number of hydrogen-bond acceptors (Lipinski definition) is 7. The lowest BCUT2D eigenvalue weighted by Crippen LogP contribution is -2.25. The number of halogens is 1. The Hall–Kier alpha value is -2.60. The third-order valence-electron chi connectivity index (χ3n) is 2.80. The van der Waals surface area contributed by atoms with Crippen molar-refractivity contribution in [2.24, 2.45) is 0 Å². The molecule has 0 radical (unpaired) electrons. The van der Waals surface area contributed by atoms with Gasteiger partial charge >= 0.3 is 0 Å². The first-order valence-electron chi connectivity index (χ1n) is 7.11. The van der Waals surface area contributed by atoms with E-state index in [-0.39, 0.29) is 34.9 Å². The SMILES string of the molecule is C[C@@H](Oc1ccccc1F)c1nnc(SCC(=O)NCCC#N)o1. The second kappa shape index (κ2) is 8.88. The number of hydrogen-bond donors (Lipinski definition) is 1. The zero-order valence-electron chi connectivity index (χ0n) is 12.9. The van der Waals surface area contributed by atoms with Gasteiger partial charge in [0, 0.05) is 6.54 Å². The van der Waals surface area contributed by atoms with Crippen LogP contribution in [0.4, 0.5) is 4.39 Å². The topological polar surface area (TPSA) is 101 Å². The van der Waals surface area contributed by atoms with E-state index in [1.165, 1.54) is 12.1 Å². The second-order valence-corrected chi connectivity index (χ2v) is 5.57. The molecule has 126 valence electrons. The molecule has 2 aromatic rings. The minimum absolute atomic E-state index is 0.0919. The third-order valence-corrected chi connectivity index (χ3v) is 3.61. The maximum absolute atomic E-state index is 13.5. The fourth-order valence-corrected chi connectivity index (χ4v) is 2.26. The van der Waals surface area contributed by atoms with E-state index in [4.69, 9.17) is 14.4 Å². The van der Waals surface area contributed by atoms with E-state index in [0.717, 1.165) is 11.8 Å². The van der Waals surface area contributed by atoms with E-state index in [2.05, 4.69) is 15.5 Å². The minimum Gasteiger partial charge on any atom is -0.478 e. The number of ether oxygens (including phenoxy) is 1. The molecule has 0 saturated heterocycles. The molecule has 24 heavy (non-hydrogen) atoms. The van der Waals surface area contributed by atoms with E-state index in [0.29, 0.717) is 6.54 Å². The van der Waals surface area contributed by atoms with Crippen LogP contribution in [0.1, 0.15) is 25.3 Å². The van der Waals surface area contributed by atoms with Crippen LogP contribution >= 0.6 is 11.8 Å². The highest BCUT2D eigenvalue weighted by Gasteiger charge is 2.18. The molecular weight excluding hydrogens is 335 g/mol. The van der Waals surface area contributed by atoms with Crippen molar-refractivity contribution < 1.29 is 18.3 Å². The molecule has 0 unspecified atom stereocenters. The number of thioether (sulfide) groups is 1. The van der Waals surface area contributed by atoms with E-state index in [1.807, 2.05) is 6.07 Å². The number of rotatable bonds is 8. The number of para-hydroxylation sites is 1. The molecule has 0 aliphatic heterocycles. The van der Waals surface area contributed by atoms with Gasteiger partial charge in [-0.25, -0.2) is 4.39 Å². The van der Waals surface area contributed by atoms with Crippen LogP contribution in [0, 0.1) is 17.1 Å². The summed E-state index contributed by atoms with van der Waals surface area (Å²) in [5.41, 5.74) is 0. The maximum atomic E-state index is 13.5. The standard InChI is InChI=1S/C15H15FN4O3S/c1-10(22-12-6-3-2-5-11(12)16)14-19-20-15(23-14)24-9-13(21)18-8-4-7-17/h2-3,5-6,10H,4,8-9H2,1H3,(H,18,21)/t10-/m1/s1. The highest BCUT2D eigenvalue weighted by molar-refractivity contribution is 7.99. The summed E-state index contributed by atoms with van der Waals surface area (Å²) in [5.74, 6) is -0.339. The number of benzene rings is 1. The Morgan fingerprint density at radius 3 is 3.04 bits per heavy atom. The van der Waals surface area contributed by atoms with Crippen molar-refractivity contribution in [1.82, 2.24) is 15.5 Å². The summed E-state index contributed by atoms with van der Waals surface area (Å²) in [5, 5.41) is 18.8. The zero-order chi connectivity index (χ0) is 17.4. The Bertz CT molecular complexity index is 732. The lowest BCUT2D eigenvalue weighted by Gasteiger charge is -2.11. The lowest BCUT2D eigenvalue weighted by molar-refractivity contribution is -0.118. The zero-order valence-corrected chi connectivity index (χ0v) is 13.7. The third kappa shape index (κ3) is 5.24. The molecule has 1 aromatic carbocycles. The molecule has 1 heterocycles. The number of nitriles is 1. The van der Waals surface area contributed by atoms with Gasteiger partial charge in [0.2, 0.25) is 5.91 Å². The summed E-state index contributed by atoms with van der Waals surface area (Å²) in [7, 11) is 0. The smallest absolute Gasteiger partial charge is 0.277 e. The quantitative estimate of drug-likeness (QED) is 0.576. The molecular formula is C15H15FN4O3S. The van der Waals surface area contributed by atoms with Gasteiger partial charge < -0.3 is 14.5 Å². The van der Waals surface area contributed by atoms with Crippen LogP contribution in [0.15, 0.2) is 33.9 Å². The maximum Gasteiger partial charge on any atom is 0.277 e. The first kappa shape index (κ1) is 17.7. The van der Waals surface area contributed by atoms with Crippen molar-refractivity contribution in [3.05, 3.63) is 36.0 Å². The van der Waals surface area contributed by atoms with E-state index in [9.17, 15) is 9.18 Å². The highest BCUT2D eigenvalue weighted by Crippen LogP contribution is 2.25. The molecule has 1 atom stereocenters. The van der Waals surface area contributed by atoms with Gasteiger partial charge in [-0.2, -0.15) is 5.26 Å². The van der Waals surface area contributed by atoms with Crippen LogP contribution < -0.4 is 10.1 Å². The van der Waals surface area contributed by atoms with Crippen molar-refractivity contribution in [2.75, 3.05) is 12.3 Å². The van der Waals surface area contributed by atoms with Crippen LogP contribution in [0.5, 0.6) is 5.75 Å². The van der Waals surface area contributed by atoms with Crippen molar-refractivity contribution in [3.63, 3.8) is 0 Å². The lowest BCUT2D eigenvalue weighted by atomic mass is 10.3. The monoisotopic (exact) mass is 350 g/mol. The summed E-state index contributed by atoms with van der Waals surface area (Å²) in [4.78, 5) is 11.5. The van der Waals surface area contributed by atoms with Gasteiger partial charge in [0.1, 0.15) is 0 Å². The Morgan fingerprint density at radius 2 is 2.29 bits per heavy atom. The largest absolute Gasteiger partial charge is 0.478 e. The van der Waals surface area contributed by atoms with Gasteiger partial charge in [-0.15, -0.1) is 10.2 Å². The van der Waals surface area contributed by atoms with E-state index >= 15 is 0 Å². The fraction of sp³-hybridized carbons (Fsp3) is 0.333. The summed E-state index contributed by atoms with van der Waals surface area (Å²) in [6.45, 7) is 1.96. The molecule has 1 amide bonds. The van der Waals surface area contributed by atoms with Gasteiger partial charge in [0.05, 0.1) is 18.2 Å². The first-order valence-corrected chi connectivity index (χ1v) is 8.09. The number of carbonyl (C=O) groups is 1. The Labute approximate surface area is 142 Å². The average molecular weight is 350 g/mol. The number of nitrogens with one attached hydrogen (secondary N) is 1. The van der Waals surface area contributed by atoms with Crippen molar-refractivity contribution in [2.45, 2.75) is 24.7 Å². The Kier molecular flexibility index (Phi) is 6.57. The fourth-order valence-electron chi connectivity index (χ4n) is 1.66. The van der Waals surface area contributed by atoms with Crippen LogP contribution in [0.25, 0.3) is 0 Å². The van der Waals surface area contributed by atoms with Gasteiger partial charge in [-0.05, 0) is 19.1 Å². The molecule has 0 spiro atoms. The molecule has 0 fully saturated rings. The van der Waals surface area contributed by atoms with Crippen LogP contribution in [-0.4, -0.2) is 28.4 Å². The van der Waals surface area contributed by atoms with Crippen molar-refractivity contribution in [1.29, 1.82) is 5.26 Å². The van der Waals surface area contributed by atoms with E-state index in [1.54, 1.807) is 19.1 Å². The van der Waals surface area contributed by atoms with Crippen molar-refractivity contribution >= 4 is 17.7 Å². The van der Waals surface area contributed by atoms with Gasteiger partial charge in [0.15, 0.2) is 17.7 Å². The molecule has 0 aliphatic carbocycles. The number of nitrogens with zero attached hydrogens (tertiary/aromatic N) is 3. The summed E-state index contributed by atoms with van der Waals surface area (Å²) >= 11 is 1.07. The summed E-state index contributed by atoms with van der Waals surface area (Å²) < 4.78 is 24.4. The van der Waals surface area contributed by atoms with Crippen LogP contribution in [0.3, 0.4) is 0 Å². The predicted molar refractivity (Wildman–Crippen MR) is 83.7 cm³/mol. The van der Waals surface area contributed by atoms with Crippen molar-refractivity contribution in [3.8, 4) is 11.8 Å². The normalized spacial score (nSPS) is 11.5. The summed E-state index contributed by atoms with van der Waals surface area (Å²) in [6.07, 6.45) is -0.375. The van der Waals surface area contributed by atoms with Gasteiger partial charge in [0.25, 0.3) is 11.1 Å². The van der Waals surface area contributed by atoms with Crippen LogP contribution in [-0.2, 0) is 4.79 Å². The molecule has 2 rings (SSSR count). The minimum atomic E-state index is -0.631. The number of aromatic nitrogens is 2. The molecule has 7 nitrogen and oxygen atoms in total. The average Bonchev–Trinajstić information content (AvgIpc) is 3.04. The van der Waals surface area contributed by atoms with Gasteiger partial charge in [-0.1, -0.05) is 23.9 Å². The molecule has 1 N–H and O–H groups in total. The highest BCUT2D eigenvalue weighted by atomic mass is 32.2. The Balaban J connectivity index is 1.85. The van der Waals surface area contributed by atoms with E-state index < -0.39 is 11.9 Å².